The highest BCUT2D eigenvalue weighted by Crippen LogP contribution is 2.15. The molecule has 1 N–H and O–H groups in total. The standard InChI is InChI=1S/C15H19FN4/c16-14-12-13(4-9-19-10-6-17-7-11-19)2-3-15(14)20-8-1-5-18-20/h1-3,5,8,12,17H,4,6-7,9-11H2. The Morgan fingerprint density at radius 2 is 2.10 bits per heavy atom. The molecule has 4 nitrogen and oxygen atoms in total. The predicted molar refractivity (Wildman–Crippen MR) is 76.5 cm³/mol. The third-order valence-corrected chi connectivity index (χ3v) is 3.69. The molecule has 5 heteroatoms. The van der Waals surface area contributed by atoms with Gasteiger partial charge in [-0.15, -0.1) is 0 Å². The molecule has 3 rings (SSSR count). The second-order valence-electron chi connectivity index (χ2n) is 5.08. The van der Waals surface area contributed by atoms with Crippen LogP contribution >= 0.6 is 0 Å². The highest BCUT2D eigenvalue weighted by molar-refractivity contribution is 5.35. The maximum atomic E-state index is 14.1. The van der Waals surface area contributed by atoms with Crippen LogP contribution in [0.15, 0.2) is 36.7 Å². The van der Waals surface area contributed by atoms with Crippen LogP contribution in [0, 0.1) is 5.82 Å². The molecular formula is C15H19FN4. The van der Waals surface area contributed by atoms with E-state index in [1.165, 1.54) is 0 Å². The van der Waals surface area contributed by atoms with Crippen molar-refractivity contribution < 1.29 is 4.39 Å². The lowest BCUT2D eigenvalue weighted by Gasteiger charge is -2.27. The van der Waals surface area contributed by atoms with Gasteiger partial charge in [-0.1, -0.05) is 6.07 Å². The molecule has 0 saturated carbocycles. The molecule has 0 radical (unpaired) electrons. The molecule has 2 aromatic rings. The summed E-state index contributed by atoms with van der Waals surface area (Å²) in [7, 11) is 0. The topological polar surface area (TPSA) is 33.1 Å². The summed E-state index contributed by atoms with van der Waals surface area (Å²) in [4.78, 5) is 2.41. The Bertz CT molecular complexity index is 547. The Morgan fingerprint density at radius 3 is 2.80 bits per heavy atom. The fourth-order valence-corrected chi connectivity index (χ4v) is 2.52. The van der Waals surface area contributed by atoms with Crippen LogP contribution < -0.4 is 5.32 Å². The molecule has 0 bridgehead atoms. The van der Waals surface area contributed by atoms with E-state index in [1.807, 2.05) is 6.07 Å². The third-order valence-electron chi connectivity index (χ3n) is 3.69. The SMILES string of the molecule is Fc1cc(CCN2CCNCC2)ccc1-n1cccn1. The van der Waals surface area contributed by atoms with Gasteiger partial charge in [0, 0.05) is 45.1 Å². The van der Waals surface area contributed by atoms with Crippen molar-refractivity contribution in [2.24, 2.45) is 0 Å². The summed E-state index contributed by atoms with van der Waals surface area (Å²) in [6.07, 6.45) is 4.28. The molecule has 2 heterocycles. The molecule has 0 spiro atoms. The van der Waals surface area contributed by atoms with E-state index in [1.54, 1.807) is 35.3 Å². The number of halogens is 1. The Kier molecular flexibility index (Phi) is 4.08. The minimum Gasteiger partial charge on any atom is -0.314 e. The van der Waals surface area contributed by atoms with Gasteiger partial charge in [-0.25, -0.2) is 9.07 Å². The number of nitrogens with zero attached hydrogens (tertiary/aromatic N) is 3. The normalized spacial score (nSPS) is 16.4. The van der Waals surface area contributed by atoms with Crippen LogP contribution in [0.1, 0.15) is 5.56 Å². The van der Waals surface area contributed by atoms with Crippen LogP contribution in [0.3, 0.4) is 0 Å². The molecule has 0 aliphatic carbocycles. The van der Waals surface area contributed by atoms with Gasteiger partial charge in [0.1, 0.15) is 11.5 Å². The largest absolute Gasteiger partial charge is 0.314 e. The zero-order chi connectivity index (χ0) is 13.8. The van der Waals surface area contributed by atoms with Crippen LogP contribution in [0.25, 0.3) is 5.69 Å². The van der Waals surface area contributed by atoms with Crippen molar-refractivity contribution >= 4 is 0 Å². The van der Waals surface area contributed by atoms with Crippen molar-refractivity contribution in [1.29, 1.82) is 0 Å². The minimum atomic E-state index is -0.216. The van der Waals surface area contributed by atoms with E-state index in [0.717, 1.165) is 44.7 Å². The monoisotopic (exact) mass is 274 g/mol. The number of aromatic nitrogens is 2. The summed E-state index contributed by atoms with van der Waals surface area (Å²) in [6.45, 7) is 5.24. The van der Waals surface area contributed by atoms with Gasteiger partial charge in [0.25, 0.3) is 0 Å². The zero-order valence-corrected chi connectivity index (χ0v) is 11.4. The Balaban J connectivity index is 1.64. The Hall–Kier alpha value is -1.72. The molecule has 1 aromatic heterocycles. The predicted octanol–water partition coefficient (Wildman–Crippen LogP) is 1.46. The quantitative estimate of drug-likeness (QED) is 0.916. The van der Waals surface area contributed by atoms with E-state index < -0.39 is 0 Å². The molecule has 1 saturated heterocycles. The highest BCUT2D eigenvalue weighted by atomic mass is 19.1. The maximum absolute atomic E-state index is 14.1. The first-order valence-corrected chi connectivity index (χ1v) is 7.04. The number of benzene rings is 1. The second-order valence-corrected chi connectivity index (χ2v) is 5.08. The van der Waals surface area contributed by atoms with E-state index in [9.17, 15) is 4.39 Å². The molecule has 1 aromatic carbocycles. The first kappa shape index (κ1) is 13.3. The van der Waals surface area contributed by atoms with Gasteiger partial charge in [-0.2, -0.15) is 5.10 Å². The summed E-state index contributed by atoms with van der Waals surface area (Å²) in [5.41, 5.74) is 1.54. The van der Waals surface area contributed by atoms with Gasteiger partial charge in [0.05, 0.1) is 0 Å². The highest BCUT2D eigenvalue weighted by Gasteiger charge is 2.10. The lowest BCUT2D eigenvalue weighted by molar-refractivity contribution is 0.244. The molecular weight excluding hydrogens is 255 g/mol. The molecule has 1 aliphatic rings. The van der Waals surface area contributed by atoms with Gasteiger partial charge in [0.15, 0.2) is 0 Å². The van der Waals surface area contributed by atoms with Crippen LogP contribution in [0.2, 0.25) is 0 Å². The zero-order valence-electron chi connectivity index (χ0n) is 11.4. The van der Waals surface area contributed by atoms with Gasteiger partial charge in [0.2, 0.25) is 0 Å². The van der Waals surface area contributed by atoms with Crippen molar-refractivity contribution in [3.8, 4) is 5.69 Å². The van der Waals surface area contributed by atoms with E-state index >= 15 is 0 Å². The number of hydrogen-bond donors (Lipinski definition) is 1. The second kappa shape index (κ2) is 6.15. The number of piperazine rings is 1. The van der Waals surface area contributed by atoms with Crippen molar-refractivity contribution in [2.45, 2.75) is 6.42 Å². The van der Waals surface area contributed by atoms with Crippen LogP contribution in [0.5, 0.6) is 0 Å². The molecule has 1 aliphatic heterocycles. The van der Waals surface area contributed by atoms with Crippen molar-refractivity contribution in [3.05, 3.63) is 48.0 Å². The smallest absolute Gasteiger partial charge is 0.149 e. The summed E-state index contributed by atoms with van der Waals surface area (Å²) in [5.74, 6) is -0.216. The van der Waals surface area contributed by atoms with E-state index in [0.29, 0.717) is 5.69 Å². The molecule has 20 heavy (non-hydrogen) atoms. The van der Waals surface area contributed by atoms with Crippen molar-refractivity contribution in [2.75, 3.05) is 32.7 Å². The first-order valence-electron chi connectivity index (χ1n) is 7.04. The summed E-state index contributed by atoms with van der Waals surface area (Å²) < 4.78 is 15.6. The van der Waals surface area contributed by atoms with Crippen LogP contribution in [-0.4, -0.2) is 47.4 Å². The van der Waals surface area contributed by atoms with Crippen LogP contribution in [0.4, 0.5) is 4.39 Å². The average molecular weight is 274 g/mol. The van der Waals surface area contributed by atoms with E-state index in [2.05, 4.69) is 15.3 Å². The lowest BCUT2D eigenvalue weighted by Crippen LogP contribution is -2.44. The van der Waals surface area contributed by atoms with Gasteiger partial charge >= 0.3 is 0 Å². The van der Waals surface area contributed by atoms with Gasteiger partial charge in [-0.05, 0) is 30.2 Å². The molecule has 0 atom stereocenters. The summed E-state index contributed by atoms with van der Waals surface area (Å²) in [6, 6.07) is 7.20. The molecule has 0 amide bonds. The lowest BCUT2D eigenvalue weighted by atomic mass is 10.1. The molecule has 0 unspecified atom stereocenters. The Morgan fingerprint density at radius 1 is 1.25 bits per heavy atom. The third kappa shape index (κ3) is 3.05. The van der Waals surface area contributed by atoms with Gasteiger partial charge in [-0.3, -0.25) is 0 Å². The van der Waals surface area contributed by atoms with Gasteiger partial charge < -0.3 is 10.2 Å². The molecule has 106 valence electrons. The fraction of sp³-hybridized carbons (Fsp3) is 0.400. The average Bonchev–Trinajstić information content (AvgIpc) is 3.00. The number of hydrogen-bond acceptors (Lipinski definition) is 3. The van der Waals surface area contributed by atoms with Crippen molar-refractivity contribution in [1.82, 2.24) is 20.0 Å². The van der Waals surface area contributed by atoms with E-state index in [-0.39, 0.29) is 5.82 Å². The number of rotatable bonds is 4. The summed E-state index contributed by atoms with van der Waals surface area (Å²) >= 11 is 0. The first-order chi connectivity index (χ1) is 9.83. The fourth-order valence-electron chi connectivity index (χ4n) is 2.52. The van der Waals surface area contributed by atoms with E-state index in [4.69, 9.17) is 0 Å². The maximum Gasteiger partial charge on any atom is 0.149 e. The summed E-state index contributed by atoms with van der Waals surface area (Å²) in [5, 5.41) is 7.39. The van der Waals surface area contributed by atoms with Crippen LogP contribution in [-0.2, 0) is 6.42 Å². The Labute approximate surface area is 118 Å². The van der Waals surface area contributed by atoms with Crippen molar-refractivity contribution in [3.63, 3.8) is 0 Å². The minimum absolute atomic E-state index is 0.216. The number of nitrogens with one attached hydrogen (secondary N) is 1. The molecule has 1 fully saturated rings.